The molecule has 1 aromatic heterocycles. The minimum absolute atomic E-state index is 0.0943. The van der Waals surface area contributed by atoms with Crippen LogP contribution in [0, 0.1) is 0 Å². The first-order valence-electron chi connectivity index (χ1n) is 4.86. The smallest absolute Gasteiger partial charge is 0.243 e. The quantitative estimate of drug-likeness (QED) is 0.756. The minimum atomic E-state index is -0.0943. The summed E-state index contributed by atoms with van der Waals surface area (Å²) < 4.78 is 5.05. The van der Waals surface area contributed by atoms with Gasteiger partial charge in [-0.3, -0.25) is 0 Å². The Morgan fingerprint density at radius 3 is 2.77 bits per heavy atom. The maximum absolute atomic E-state index is 5.82. The fourth-order valence-corrected chi connectivity index (χ4v) is 1.18. The molecule has 1 aromatic rings. The topological polar surface area (TPSA) is 64.9 Å². The highest BCUT2D eigenvalue weighted by Crippen LogP contribution is 2.13. The van der Waals surface area contributed by atoms with Gasteiger partial charge in [0, 0.05) is 6.42 Å². The third kappa shape index (κ3) is 2.81. The third-order valence-electron chi connectivity index (χ3n) is 1.87. The fraction of sp³-hybridized carbons (Fsp3) is 0.778. The van der Waals surface area contributed by atoms with Crippen LogP contribution in [0.15, 0.2) is 4.52 Å². The Balaban J connectivity index is 2.56. The first kappa shape index (κ1) is 10.2. The number of aryl methyl sites for hydroxylation is 1. The molecule has 4 nitrogen and oxygen atoms in total. The van der Waals surface area contributed by atoms with E-state index in [0.29, 0.717) is 5.89 Å². The van der Waals surface area contributed by atoms with Crippen LogP contribution in [0.3, 0.4) is 0 Å². The van der Waals surface area contributed by atoms with Crippen molar-refractivity contribution in [3.63, 3.8) is 0 Å². The highest BCUT2D eigenvalue weighted by Gasteiger charge is 2.12. The van der Waals surface area contributed by atoms with E-state index in [1.54, 1.807) is 0 Å². The Labute approximate surface area is 78.5 Å². The van der Waals surface area contributed by atoms with E-state index in [9.17, 15) is 0 Å². The molecule has 4 heteroatoms. The minimum Gasteiger partial charge on any atom is -0.338 e. The molecular formula is C9H17N3O. The molecule has 13 heavy (non-hydrogen) atoms. The lowest BCUT2D eigenvalue weighted by atomic mass is 10.2. The summed E-state index contributed by atoms with van der Waals surface area (Å²) in [4.78, 5) is 4.22. The van der Waals surface area contributed by atoms with Gasteiger partial charge in [0.2, 0.25) is 5.89 Å². The molecule has 0 saturated heterocycles. The normalized spacial score (nSPS) is 13.2. The first-order chi connectivity index (χ1) is 6.27. The van der Waals surface area contributed by atoms with Gasteiger partial charge in [-0.1, -0.05) is 25.4 Å². The number of hydrogen-bond acceptors (Lipinski definition) is 4. The average Bonchev–Trinajstić information content (AvgIpc) is 2.54. The van der Waals surface area contributed by atoms with Gasteiger partial charge in [0.1, 0.15) is 0 Å². The molecule has 0 radical (unpaired) electrons. The highest BCUT2D eigenvalue weighted by atomic mass is 16.5. The summed E-state index contributed by atoms with van der Waals surface area (Å²) in [5.74, 6) is 1.34. The van der Waals surface area contributed by atoms with Crippen molar-refractivity contribution in [3.8, 4) is 0 Å². The molecule has 0 spiro atoms. The molecular weight excluding hydrogens is 166 g/mol. The van der Waals surface area contributed by atoms with Crippen LogP contribution in [-0.4, -0.2) is 10.1 Å². The summed E-state index contributed by atoms with van der Waals surface area (Å²) in [6.45, 7) is 4.17. The molecule has 0 aliphatic heterocycles. The molecule has 1 rings (SSSR count). The van der Waals surface area contributed by atoms with Gasteiger partial charge in [-0.2, -0.15) is 4.98 Å². The monoisotopic (exact) mass is 183 g/mol. The molecule has 0 saturated carbocycles. The molecule has 0 bridgehead atoms. The second-order valence-corrected chi connectivity index (χ2v) is 3.19. The summed E-state index contributed by atoms with van der Waals surface area (Å²) in [6.07, 6.45) is 3.82. The zero-order chi connectivity index (χ0) is 9.68. The third-order valence-corrected chi connectivity index (χ3v) is 1.87. The molecule has 1 heterocycles. The SMILES string of the molecule is CCCc1noc([C@H](N)CCC)n1. The number of nitrogens with zero attached hydrogens (tertiary/aromatic N) is 2. The number of hydrogen-bond donors (Lipinski definition) is 1. The average molecular weight is 183 g/mol. The van der Waals surface area contributed by atoms with Gasteiger partial charge in [-0.15, -0.1) is 0 Å². The van der Waals surface area contributed by atoms with Gasteiger partial charge in [0.05, 0.1) is 6.04 Å². The molecule has 0 aliphatic carbocycles. The molecule has 0 unspecified atom stereocenters. The van der Waals surface area contributed by atoms with Gasteiger partial charge < -0.3 is 10.3 Å². The molecule has 2 N–H and O–H groups in total. The van der Waals surface area contributed by atoms with Gasteiger partial charge in [0.15, 0.2) is 5.82 Å². The lowest BCUT2D eigenvalue weighted by Crippen LogP contribution is -2.10. The van der Waals surface area contributed by atoms with Crippen molar-refractivity contribution in [2.45, 2.75) is 45.6 Å². The van der Waals surface area contributed by atoms with Crippen LogP contribution >= 0.6 is 0 Å². The van der Waals surface area contributed by atoms with Crippen molar-refractivity contribution in [2.24, 2.45) is 5.73 Å². The van der Waals surface area contributed by atoms with E-state index in [1.807, 2.05) is 0 Å². The van der Waals surface area contributed by atoms with E-state index in [1.165, 1.54) is 0 Å². The second-order valence-electron chi connectivity index (χ2n) is 3.19. The van der Waals surface area contributed by atoms with Gasteiger partial charge in [0.25, 0.3) is 0 Å². The summed E-state index contributed by atoms with van der Waals surface area (Å²) in [7, 11) is 0. The van der Waals surface area contributed by atoms with Crippen molar-refractivity contribution in [2.75, 3.05) is 0 Å². The Morgan fingerprint density at radius 1 is 1.38 bits per heavy atom. The zero-order valence-electron chi connectivity index (χ0n) is 8.29. The van der Waals surface area contributed by atoms with Crippen LogP contribution in [0.1, 0.15) is 50.9 Å². The number of rotatable bonds is 5. The van der Waals surface area contributed by atoms with E-state index in [0.717, 1.165) is 31.5 Å². The van der Waals surface area contributed by atoms with E-state index < -0.39 is 0 Å². The second kappa shape index (κ2) is 4.97. The van der Waals surface area contributed by atoms with Crippen molar-refractivity contribution >= 4 is 0 Å². The van der Waals surface area contributed by atoms with Crippen LogP contribution < -0.4 is 5.73 Å². The van der Waals surface area contributed by atoms with E-state index >= 15 is 0 Å². The van der Waals surface area contributed by atoms with E-state index in [2.05, 4.69) is 24.0 Å². The number of nitrogens with two attached hydrogens (primary N) is 1. The summed E-state index contributed by atoms with van der Waals surface area (Å²) in [5.41, 5.74) is 5.82. The van der Waals surface area contributed by atoms with Crippen molar-refractivity contribution in [1.82, 2.24) is 10.1 Å². The summed E-state index contributed by atoms with van der Waals surface area (Å²) in [5, 5.41) is 3.84. The Kier molecular flexibility index (Phi) is 3.89. The van der Waals surface area contributed by atoms with Crippen LogP contribution in [0.5, 0.6) is 0 Å². The molecule has 0 fully saturated rings. The van der Waals surface area contributed by atoms with Crippen molar-refractivity contribution in [1.29, 1.82) is 0 Å². The highest BCUT2D eigenvalue weighted by molar-refractivity contribution is 4.91. The largest absolute Gasteiger partial charge is 0.338 e. The van der Waals surface area contributed by atoms with Crippen LogP contribution in [-0.2, 0) is 6.42 Å². The standard InChI is InChI=1S/C9H17N3O/c1-3-5-7(10)9-11-8(6-4-2)12-13-9/h7H,3-6,10H2,1-2H3/t7-/m1/s1. The predicted octanol–water partition coefficient (Wildman–Crippen LogP) is 1.82. The predicted molar refractivity (Wildman–Crippen MR) is 50.1 cm³/mol. The molecule has 0 aliphatic rings. The van der Waals surface area contributed by atoms with Crippen LogP contribution in [0.2, 0.25) is 0 Å². The zero-order valence-corrected chi connectivity index (χ0v) is 8.29. The Morgan fingerprint density at radius 2 is 2.15 bits per heavy atom. The Bertz CT molecular complexity index is 247. The van der Waals surface area contributed by atoms with E-state index in [-0.39, 0.29) is 6.04 Å². The van der Waals surface area contributed by atoms with Gasteiger partial charge >= 0.3 is 0 Å². The van der Waals surface area contributed by atoms with Gasteiger partial charge in [-0.25, -0.2) is 0 Å². The molecule has 1 atom stereocenters. The lowest BCUT2D eigenvalue weighted by molar-refractivity contribution is 0.344. The fourth-order valence-electron chi connectivity index (χ4n) is 1.18. The molecule has 74 valence electrons. The lowest BCUT2D eigenvalue weighted by Gasteiger charge is -2.01. The van der Waals surface area contributed by atoms with Crippen molar-refractivity contribution in [3.05, 3.63) is 11.7 Å². The molecule has 0 aromatic carbocycles. The molecule has 0 amide bonds. The Hall–Kier alpha value is -0.900. The summed E-state index contributed by atoms with van der Waals surface area (Å²) >= 11 is 0. The van der Waals surface area contributed by atoms with Crippen molar-refractivity contribution < 1.29 is 4.52 Å². The number of aromatic nitrogens is 2. The van der Waals surface area contributed by atoms with Crippen LogP contribution in [0.25, 0.3) is 0 Å². The maximum atomic E-state index is 5.82. The maximum Gasteiger partial charge on any atom is 0.243 e. The van der Waals surface area contributed by atoms with Gasteiger partial charge in [-0.05, 0) is 12.8 Å². The summed E-state index contributed by atoms with van der Waals surface area (Å²) in [6, 6.07) is -0.0943. The first-order valence-corrected chi connectivity index (χ1v) is 4.86. The van der Waals surface area contributed by atoms with E-state index in [4.69, 9.17) is 10.3 Å². The van der Waals surface area contributed by atoms with Crippen LogP contribution in [0.4, 0.5) is 0 Å².